The molecule has 2 N–H and O–H groups in total. The summed E-state index contributed by atoms with van der Waals surface area (Å²) in [6, 6.07) is 8.88. The predicted octanol–water partition coefficient (Wildman–Crippen LogP) is 3.63. The van der Waals surface area contributed by atoms with Crippen molar-refractivity contribution in [1.82, 2.24) is 5.16 Å². The zero-order valence-corrected chi connectivity index (χ0v) is 10.9. The number of benzene rings is 1. The van der Waals surface area contributed by atoms with E-state index in [9.17, 15) is 0 Å². The van der Waals surface area contributed by atoms with Crippen LogP contribution in [0.25, 0.3) is 11.3 Å². The number of hydrogen-bond acceptors (Lipinski definition) is 3. The number of halogens is 3. The summed E-state index contributed by atoms with van der Waals surface area (Å²) in [6.45, 7) is 0.319. The van der Waals surface area contributed by atoms with Gasteiger partial charge in [0.2, 0.25) is 3.79 Å². The molecule has 0 bridgehead atoms. The van der Waals surface area contributed by atoms with Gasteiger partial charge in [-0.3, -0.25) is 0 Å². The quantitative estimate of drug-likeness (QED) is 0.860. The Balaban J connectivity index is 2.29. The van der Waals surface area contributed by atoms with E-state index in [0.29, 0.717) is 23.6 Å². The summed E-state index contributed by atoms with van der Waals surface area (Å²) in [5.74, 6) is 0.630. The first kappa shape index (κ1) is 12.7. The van der Waals surface area contributed by atoms with E-state index in [0.717, 1.165) is 5.56 Å². The first-order valence-electron chi connectivity index (χ1n) is 4.84. The molecule has 0 unspecified atom stereocenters. The predicted molar refractivity (Wildman–Crippen MR) is 69.1 cm³/mol. The van der Waals surface area contributed by atoms with Crippen LogP contribution in [0.2, 0.25) is 0 Å². The molecule has 1 aromatic heterocycles. The highest BCUT2D eigenvalue weighted by Crippen LogP contribution is 2.38. The summed E-state index contributed by atoms with van der Waals surface area (Å²) in [6.07, 6.45) is 0. The van der Waals surface area contributed by atoms with Crippen LogP contribution in [0.15, 0.2) is 34.9 Å². The summed E-state index contributed by atoms with van der Waals surface area (Å²) >= 11 is 17.3. The van der Waals surface area contributed by atoms with Crippen molar-refractivity contribution >= 4 is 34.8 Å². The van der Waals surface area contributed by atoms with Crippen LogP contribution in [0.5, 0.6) is 0 Å². The Labute approximate surface area is 113 Å². The van der Waals surface area contributed by atoms with Crippen molar-refractivity contribution in [2.45, 2.75) is 10.3 Å². The summed E-state index contributed by atoms with van der Waals surface area (Å²) < 4.78 is 3.60. The maximum Gasteiger partial charge on any atom is 0.216 e. The van der Waals surface area contributed by atoms with Gasteiger partial charge in [-0.1, -0.05) is 64.2 Å². The molecule has 2 aromatic rings. The molecule has 0 aliphatic heterocycles. The lowest BCUT2D eigenvalue weighted by molar-refractivity contribution is 0.387. The van der Waals surface area contributed by atoms with E-state index in [-0.39, 0.29) is 0 Å². The lowest BCUT2D eigenvalue weighted by Gasteiger charge is -2.10. The molecule has 17 heavy (non-hydrogen) atoms. The van der Waals surface area contributed by atoms with Gasteiger partial charge in [0, 0.05) is 17.2 Å². The van der Waals surface area contributed by atoms with E-state index in [1.54, 1.807) is 18.2 Å². The molecule has 0 atom stereocenters. The van der Waals surface area contributed by atoms with Crippen LogP contribution in [-0.2, 0) is 10.3 Å². The summed E-state index contributed by atoms with van der Waals surface area (Å²) in [5.41, 5.74) is 7.63. The van der Waals surface area contributed by atoms with Crippen molar-refractivity contribution in [3.63, 3.8) is 0 Å². The van der Waals surface area contributed by atoms with Gasteiger partial charge in [-0.2, -0.15) is 0 Å². The van der Waals surface area contributed by atoms with E-state index in [4.69, 9.17) is 45.1 Å². The van der Waals surface area contributed by atoms with Crippen LogP contribution in [0.1, 0.15) is 11.3 Å². The maximum absolute atomic E-state index is 5.76. The largest absolute Gasteiger partial charge is 0.359 e. The van der Waals surface area contributed by atoms with E-state index in [1.165, 1.54) is 0 Å². The second-order valence-electron chi connectivity index (χ2n) is 3.46. The minimum Gasteiger partial charge on any atom is -0.359 e. The standard InChI is InChI=1S/C11H9Cl3N2O/c12-11(13,14)8-3-1-7(2-4-8)10-5-9(6-15)17-16-10/h1-5H,6,15H2. The minimum atomic E-state index is -1.41. The third-order valence-corrected chi connectivity index (χ3v) is 2.92. The molecule has 3 nitrogen and oxygen atoms in total. The number of aromatic nitrogens is 1. The van der Waals surface area contributed by atoms with Crippen molar-refractivity contribution in [1.29, 1.82) is 0 Å². The molecule has 0 spiro atoms. The van der Waals surface area contributed by atoms with Gasteiger partial charge in [0.25, 0.3) is 0 Å². The Morgan fingerprint density at radius 3 is 2.29 bits per heavy atom. The van der Waals surface area contributed by atoms with Gasteiger partial charge in [0.05, 0.1) is 6.54 Å². The molecule has 0 aliphatic rings. The summed E-state index contributed by atoms with van der Waals surface area (Å²) in [4.78, 5) is 0. The molecular weight excluding hydrogens is 282 g/mol. The molecule has 0 saturated heterocycles. The van der Waals surface area contributed by atoms with Crippen LogP contribution in [0, 0.1) is 0 Å². The van der Waals surface area contributed by atoms with E-state index in [1.807, 2.05) is 12.1 Å². The Kier molecular flexibility index (Phi) is 3.64. The molecule has 0 saturated carbocycles. The molecule has 0 fully saturated rings. The average molecular weight is 292 g/mol. The highest BCUT2D eigenvalue weighted by atomic mass is 35.6. The van der Waals surface area contributed by atoms with E-state index < -0.39 is 3.79 Å². The lowest BCUT2D eigenvalue weighted by atomic mass is 10.1. The molecule has 6 heteroatoms. The smallest absolute Gasteiger partial charge is 0.216 e. The van der Waals surface area contributed by atoms with Gasteiger partial charge in [-0.25, -0.2) is 0 Å². The molecule has 0 radical (unpaired) electrons. The molecule has 2 rings (SSSR count). The highest BCUT2D eigenvalue weighted by Gasteiger charge is 2.22. The summed E-state index contributed by atoms with van der Waals surface area (Å²) in [5, 5.41) is 3.90. The fourth-order valence-electron chi connectivity index (χ4n) is 1.38. The van der Waals surface area contributed by atoms with Gasteiger partial charge >= 0.3 is 0 Å². The first-order valence-corrected chi connectivity index (χ1v) is 5.97. The van der Waals surface area contributed by atoms with E-state index >= 15 is 0 Å². The third-order valence-electron chi connectivity index (χ3n) is 2.27. The fraction of sp³-hybridized carbons (Fsp3) is 0.182. The normalized spacial score (nSPS) is 11.8. The maximum atomic E-state index is 5.76. The monoisotopic (exact) mass is 290 g/mol. The Hall–Kier alpha value is -0.740. The van der Waals surface area contributed by atoms with Crippen molar-refractivity contribution in [3.05, 3.63) is 41.7 Å². The lowest BCUT2D eigenvalue weighted by Crippen LogP contribution is -1.98. The SMILES string of the molecule is NCc1cc(-c2ccc(C(Cl)(Cl)Cl)cc2)no1. The Morgan fingerprint density at radius 2 is 1.82 bits per heavy atom. The van der Waals surface area contributed by atoms with Crippen LogP contribution < -0.4 is 5.73 Å². The first-order chi connectivity index (χ1) is 8.00. The fourth-order valence-corrected chi connectivity index (χ4v) is 1.75. The van der Waals surface area contributed by atoms with Crippen molar-refractivity contribution in [2.75, 3.05) is 0 Å². The van der Waals surface area contributed by atoms with Gasteiger partial charge in [0.15, 0.2) is 5.76 Å². The number of nitrogens with zero attached hydrogens (tertiary/aromatic N) is 1. The second kappa shape index (κ2) is 4.86. The number of alkyl halides is 3. The molecule has 0 amide bonds. The number of rotatable bonds is 2. The molecular formula is C11H9Cl3N2O. The van der Waals surface area contributed by atoms with Gasteiger partial charge in [0.1, 0.15) is 5.69 Å². The third kappa shape index (κ3) is 2.93. The van der Waals surface area contributed by atoms with Crippen LogP contribution in [-0.4, -0.2) is 5.16 Å². The average Bonchev–Trinajstić information content (AvgIpc) is 2.76. The Bertz CT molecular complexity index is 502. The van der Waals surface area contributed by atoms with Crippen LogP contribution in [0.3, 0.4) is 0 Å². The molecule has 1 aromatic carbocycles. The van der Waals surface area contributed by atoms with Crippen molar-refractivity contribution in [3.8, 4) is 11.3 Å². The second-order valence-corrected chi connectivity index (χ2v) is 5.74. The van der Waals surface area contributed by atoms with Gasteiger partial charge in [-0.05, 0) is 0 Å². The van der Waals surface area contributed by atoms with Gasteiger partial charge in [-0.15, -0.1) is 0 Å². The zero-order valence-electron chi connectivity index (χ0n) is 8.66. The number of nitrogens with two attached hydrogens (primary N) is 1. The van der Waals surface area contributed by atoms with Crippen LogP contribution in [0.4, 0.5) is 0 Å². The summed E-state index contributed by atoms with van der Waals surface area (Å²) in [7, 11) is 0. The minimum absolute atomic E-state index is 0.319. The highest BCUT2D eigenvalue weighted by molar-refractivity contribution is 6.66. The van der Waals surface area contributed by atoms with Gasteiger partial charge < -0.3 is 10.3 Å². The zero-order chi connectivity index (χ0) is 12.5. The molecule has 1 heterocycles. The molecule has 90 valence electrons. The van der Waals surface area contributed by atoms with Crippen molar-refractivity contribution in [2.24, 2.45) is 5.73 Å². The van der Waals surface area contributed by atoms with Crippen LogP contribution >= 0.6 is 34.8 Å². The Morgan fingerprint density at radius 1 is 1.18 bits per heavy atom. The van der Waals surface area contributed by atoms with Crippen molar-refractivity contribution < 1.29 is 4.52 Å². The van der Waals surface area contributed by atoms with E-state index in [2.05, 4.69) is 5.16 Å². The molecule has 0 aliphatic carbocycles. The number of hydrogen-bond donors (Lipinski definition) is 1. The topological polar surface area (TPSA) is 52.0 Å².